The fourth-order valence-corrected chi connectivity index (χ4v) is 5.04. The van der Waals surface area contributed by atoms with Crippen molar-refractivity contribution in [2.45, 2.75) is 71.8 Å². The van der Waals surface area contributed by atoms with E-state index in [1.54, 1.807) is 0 Å². The fourth-order valence-electron chi connectivity index (χ4n) is 5.04. The van der Waals surface area contributed by atoms with Crippen molar-refractivity contribution in [2.75, 3.05) is 0 Å². The van der Waals surface area contributed by atoms with Crippen molar-refractivity contribution in [3.63, 3.8) is 0 Å². The second-order valence-electron chi connectivity index (χ2n) is 8.40. The van der Waals surface area contributed by atoms with Crippen molar-refractivity contribution in [1.29, 1.82) is 0 Å². The number of allylic oxidation sites excluding steroid dienone is 2. The lowest BCUT2D eigenvalue weighted by Gasteiger charge is -2.62. The molecule has 0 bridgehead atoms. The molecule has 2 aliphatic rings. The summed E-state index contributed by atoms with van der Waals surface area (Å²) < 4.78 is 0. The van der Waals surface area contributed by atoms with Crippen LogP contribution in [0.4, 0.5) is 0 Å². The summed E-state index contributed by atoms with van der Waals surface area (Å²) in [7, 11) is 0. The molecule has 0 spiro atoms. The van der Waals surface area contributed by atoms with Crippen molar-refractivity contribution >= 4 is 11.8 Å². The van der Waals surface area contributed by atoms with Gasteiger partial charge in [0.25, 0.3) is 0 Å². The molecule has 2 aliphatic carbocycles. The number of carbonyl (C=O) groups excluding carboxylic acids is 1. The quantitative estimate of drug-likeness (QED) is 0.604. The predicted octanol–water partition coefficient (Wildman–Crippen LogP) is 3.89. The van der Waals surface area contributed by atoms with Crippen LogP contribution in [0.1, 0.15) is 66.2 Å². The molecule has 2 N–H and O–H groups in total. The predicted molar refractivity (Wildman–Crippen MR) is 93.6 cm³/mol. The van der Waals surface area contributed by atoms with Crippen LogP contribution in [0.2, 0.25) is 0 Å². The maximum absolute atomic E-state index is 12.4. The molecule has 24 heavy (non-hydrogen) atoms. The fraction of sp³-hybridized carbons (Fsp3) is 0.700. The molecule has 2 fully saturated rings. The maximum Gasteiger partial charge on any atom is 0.328 e. The molecule has 0 amide bonds. The van der Waals surface area contributed by atoms with Crippen LogP contribution in [-0.4, -0.2) is 27.6 Å². The van der Waals surface area contributed by atoms with Crippen LogP contribution in [0.5, 0.6) is 0 Å². The Morgan fingerprint density at radius 1 is 1.29 bits per heavy atom. The lowest BCUT2D eigenvalue weighted by atomic mass is 9.44. The van der Waals surface area contributed by atoms with Gasteiger partial charge >= 0.3 is 5.97 Å². The lowest BCUT2D eigenvalue weighted by Crippen LogP contribution is -2.66. The van der Waals surface area contributed by atoms with Crippen molar-refractivity contribution in [2.24, 2.45) is 16.7 Å². The topological polar surface area (TPSA) is 74.6 Å². The number of Topliss-reactive ketones (excluding diaryl/α,β-unsaturated/α-hetero) is 1. The van der Waals surface area contributed by atoms with Crippen LogP contribution >= 0.6 is 0 Å². The molecule has 0 unspecified atom stereocenters. The Hall–Kier alpha value is -1.42. The molecule has 0 aliphatic heterocycles. The van der Waals surface area contributed by atoms with Crippen LogP contribution in [0.25, 0.3) is 0 Å². The summed E-state index contributed by atoms with van der Waals surface area (Å²) in [4.78, 5) is 23.3. The Morgan fingerprint density at radius 2 is 1.92 bits per heavy atom. The first-order valence-corrected chi connectivity index (χ1v) is 8.79. The second kappa shape index (κ2) is 6.14. The van der Waals surface area contributed by atoms with Crippen LogP contribution in [-0.2, 0) is 9.59 Å². The van der Waals surface area contributed by atoms with E-state index in [1.165, 1.54) is 6.08 Å². The van der Waals surface area contributed by atoms with Crippen LogP contribution in [0.15, 0.2) is 23.8 Å². The molecule has 0 aromatic heterocycles. The van der Waals surface area contributed by atoms with Crippen molar-refractivity contribution in [1.82, 2.24) is 0 Å². The molecule has 4 heteroatoms. The highest BCUT2D eigenvalue weighted by Gasteiger charge is 2.65. The van der Waals surface area contributed by atoms with Gasteiger partial charge in [-0.3, -0.25) is 4.79 Å². The number of rotatable bonds is 4. The molecule has 0 radical (unpaired) electrons. The molecule has 2 rings (SSSR count). The second-order valence-corrected chi connectivity index (χ2v) is 8.40. The van der Waals surface area contributed by atoms with Gasteiger partial charge in [0.15, 0.2) is 0 Å². The number of aliphatic carboxylic acids is 1. The van der Waals surface area contributed by atoms with Crippen LogP contribution in [0.3, 0.4) is 0 Å². The molecular formula is C20H30O4. The number of ketones is 1. The third-order valence-corrected chi connectivity index (χ3v) is 6.81. The average molecular weight is 334 g/mol. The van der Waals surface area contributed by atoms with Gasteiger partial charge in [-0.1, -0.05) is 38.5 Å². The van der Waals surface area contributed by atoms with Crippen molar-refractivity contribution in [3.8, 4) is 0 Å². The maximum atomic E-state index is 12.4. The highest BCUT2D eigenvalue weighted by atomic mass is 16.4. The Bertz CT molecular complexity index is 601. The van der Waals surface area contributed by atoms with E-state index in [4.69, 9.17) is 5.11 Å². The van der Waals surface area contributed by atoms with E-state index in [2.05, 4.69) is 13.5 Å². The van der Waals surface area contributed by atoms with E-state index < -0.39 is 22.4 Å². The van der Waals surface area contributed by atoms with E-state index in [0.29, 0.717) is 25.7 Å². The smallest absolute Gasteiger partial charge is 0.328 e. The molecule has 2 saturated carbocycles. The summed E-state index contributed by atoms with van der Waals surface area (Å²) >= 11 is 0. The molecule has 4 nitrogen and oxygen atoms in total. The number of aliphatic hydroxyl groups is 1. The molecule has 3 atom stereocenters. The summed E-state index contributed by atoms with van der Waals surface area (Å²) in [6.45, 7) is 11.9. The standard InChI is InChI=1S/C20H30O4/c1-13(12-17(22)23)6-7-15-14(2)8-11-20(24)18(3,4)16(21)9-10-19(15,20)5/h12,15,24H,2,6-11H2,1,3-5H3,(H,22,23)/b13-12+/t15-,19+,20+/m0/s1. The summed E-state index contributed by atoms with van der Waals surface area (Å²) in [5.74, 6) is -0.696. The van der Waals surface area contributed by atoms with E-state index in [9.17, 15) is 14.7 Å². The van der Waals surface area contributed by atoms with E-state index in [1.807, 2.05) is 20.8 Å². The number of hydrogen-bond donors (Lipinski definition) is 2. The average Bonchev–Trinajstić information content (AvgIpc) is 2.46. The minimum Gasteiger partial charge on any atom is -0.478 e. The molecular weight excluding hydrogens is 304 g/mol. The first kappa shape index (κ1) is 18.9. The molecule has 0 heterocycles. The molecule has 0 aromatic rings. The Morgan fingerprint density at radius 3 is 2.50 bits per heavy atom. The van der Waals surface area contributed by atoms with Gasteiger partial charge in [-0.25, -0.2) is 4.79 Å². The minimum absolute atomic E-state index is 0.0979. The zero-order valence-corrected chi connectivity index (χ0v) is 15.3. The van der Waals surface area contributed by atoms with E-state index >= 15 is 0 Å². The van der Waals surface area contributed by atoms with Gasteiger partial charge in [0.05, 0.1) is 11.0 Å². The Kier molecular flexibility index (Phi) is 4.84. The monoisotopic (exact) mass is 334 g/mol. The first-order valence-electron chi connectivity index (χ1n) is 8.79. The summed E-state index contributed by atoms with van der Waals surface area (Å²) in [5, 5.41) is 20.5. The highest BCUT2D eigenvalue weighted by Crippen LogP contribution is 2.63. The normalized spacial score (nSPS) is 36.4. The van der Waals surface area contributed by atoms with Gasteiger partial charge in [0.1, 0.15) is 5.78 Å². The number of hydrogen-bond acceptors (Lipinski definition) is 3. The number of fused-ring (bicyclic) bond motifs is 1. The van der Waals surface area contributed by atoms with E-state index in [-0.39, 0.29) is 11.7 Å². The van der Waals surface area contributed by atoms with Crippen molar-refractivity contribution in [3.05, 3.63) is 23.8 Å². The summed E-state index contributed by atoms with van der Waals surface area (Å²) in [5.41, 5.74) is -0.255. The summed E-state index contributed by atoms with van der Waals surface area (Å²) in [6, 6.07) is 0. The first-order chi connectivity index (χ1) is 11.0. The Labute approximate surface area is 144 Å². The number of carboxylic acids is 1. The van der Waals surface area contributed by atoms with Gasteiger partial charge in [-0.15, -0.1) is 0 Å². The van der Waals surface area contributed by atoms with Crippen LogP contribution in [0, 0.1) is 16.7 Å². The van der Waals surface area contributed by atoms with Gasteiger partial charge in [-0.05, 0) is 44.9 Å². The highest BCUT2D eigenvalue weighted by molar-refractivity contribution is 5.87. The largest absolute Gasteiger partial charge is 0.478 e. The lowest BCUT2D eigenvalue weighted by molar-refractivity contribution is -0.210. The van der Waals surface area contributed by atoms with E-state index in [0.717, 1.165) is 24.0 Å². The van der Waals surface area contributed by atoms with Crippen molar-refractivity contribution < 1.29 is 19.8 Å². The summed E-state index contributed by atoms with van der Waals surface area (Å²) in [6.07, 6.45) is 5.11. The number of carboxylic acid groups (broad SMARTS) is 1. The molecule has 0 saturated heterocycles. The van der Waals surface area contributed by atoms with Crippen LogP contribution < -0.4 is 0 Å². The molecule has 0 aromatic carbocycles. The number of carbonyl (C=O) groups is 2. The third-order valence-electron chi connectivity index (χ3n) is 6.81. The SMILES string of the molecule is C=C1CC[C@@]2(O)C(C)(C)C(=O)CC[C@]2(C)[C@H]1CC/C(C)=C/C(=O)O. The van der Waals surface area contributed by atoms with Gasteiger partial charge < -0.3 is 10.2 Å². The third kappa shape index (κ3) is 2.75. The Balaban J connectivity index is 2.32. The minimum atomic E-state index is -1.04. The van der Waals surface area contributed by atoms with Gasteiger partial charge in [-0.2, -0.15) is 0 Å². The molecule has 134 valence electrons. The van der Waals surface area contributed by atoms with Gasteiger partial charge in [0.2, 0.25) is 0 Å². The van der Waals surface area contributed by atoms with Gasteiger partial charge in [0, 0.05) is 17.9 Å². The zero-order valence-electron chi connectivity index (χ0n) is 15.3. The zero-order chi connectivity index (χ0) is 18.3.